The predicted octanol–water partition coefficient (Wildman–Crippen LogP) is 6.33. The van der Waals surface area contributed by atoms with Crippen LogP contribution in [-0.2, 0) is 38.7 Å². The summed E-state index contributed by atoms with van der Waals surface area (Å²) >= 11 is 6.58. The Balaban J connectivity index is 0.962. The highest BCUT2D eigenvalue weighted by molar-refractivity contribution is 6.31. The summed E-state index contributed by atoms with van der Waals surface area (Å²) in [4.78, 5) is 49.5. The summed E-state index contributed by atoms with van der Waals surface area (Å²) in [6.45, 7) is 6.45. The van der Waals surface area contributed by atoms with Crippen molar-refractivity contribution in [2.24, 2.45) is 5.41 Å². The minimum atomic E-state index is -0.0712. The van der Waals surface area contributed by atoms with Gasteiger partial charge in [-0.3, -0.25) is 24.8 Å². The lowest BCUT2D eigenvalue weighted by molar-refractivity contribution is -0.140. The Hall–Kier alpha value is -4.32. The number of aromatic nitrogens is 1. The molecule has 0 radical (unpaired) electrons. The molecule has 3 fully saturated rings. The molecule has 12 heteroatoms. The molecule has 54 heavy (non-hydrogen) atoms. The quantitative estimate of drug-likeness (QED) is 0.108. The zero-order chi connectivity index (χ0) is 37.9. The number of likely N-dealkylation sites (tertiary alicyclic amines) is 3. The number of aldehydes is 1. The van der Waals surface area contributed by atoms with Crippen molar-refractivity contribution in [3.63, 3.8) is 0 Å². The van der Waals surface area contributed by atoms with Crippen molar-refractivity contribution in [2.75, 3.05) is 52.9 Å². The minimum Gasteiger partial charge on any atom is -0.488 e. The molecule has 4 heterocycles. The number of benzene rings is 2. The van der Waals surface area contributed by atoms with Crippen LogP contribution in [0.15, 0.2) is 60.9 Å². The van der Waals surface area contributed by atoms with Gasteiger partial charge in [-0.15, -0.1) is 0 Å². The Kier molecular flexibility index (Phi) is 13.7. The van der Waals surface area contributed by atoms with Gasteiger partial charge >= 0.3 is 0 Å². The Morgan fingerprint density at radius 3 is 2.43 bits per heavy atom. The fraction of sp³-hybridized carbons (Fsp3) is 0.500. The number of pyridine rings is 1. The van der Waals surface area contributed by atoms with Crippen LogP contribution in [0.3, 0.4) is 0 Å². The SMILES string of the molecule is COC(=N)c1cncc(COc2cc(CCC(=O)N3CCCC4(CCCN(C(=O)CCCN5CC[C@@H](OCc6ccccc6)C5)C4)C3)c(Cl)cc2C=O)c1. The van der Waals surface area contributed by atoms with Crippen molar-refractivity contribution in [1.29, 1.82) is 5.41 Å². The molecule has 2 aromatic carbocycles. The van der Waals surface area contributed by atoms with E-state index in [1.165, 1.54) is 18.9 Å². The second-order valence-electron chi connectivity index (χ2n) is 15.0. The number of aryl methyl sites for hydroxylation is 1. The van der Waals surface area contributed by atoms with E-state index in [-0.39, 0.29) is 42.3 Å². The summed E-state index contributed by atoms with van der Waals surface area (Å²) in [6, 6.07) is 15.3. The maximum atomic E-state index is 13.6. The number of hydrogen-bond acceptors (Lipinski definition) is 9. The molecule has 0 saturated carbocycles. The molecule has 3 aliphatic heterocycles. The van der Waals surface area contributed by atoms with Gasteiger partial charge in [-0.1, -0.05) is 41.9 Å². The van der Waals surface area contributed by atoms with Crippen molar-refractivity contribution in [2.45, 2.75) is 77.1 Å². The first-order chi connectivity index (χ1) is 26.2. The number of nitrogens with zero attached hydrogens (tertiary/aromatic N) is 4. The number of carbonyl (C=O) groups excluding carboxylic acids is 3. The van der Waals surface area contributed by atoms with Crippen LogP contribution in [0, 0.1) is 10.8 Å². The van der Waals surface area contributed by atoms with Crippen LogP contribution in [0.4, 0.5) is 0 Å². The Bertz CT molecular complexity index is 1770. The van der Waals surface area contributed by atoms with E-state index in [0.717, 1.165) is 70.3 Å². The molecule has 1 aromatic heterocycles. The highest BCUT2D eigenvalue weighted by atomic mass is 35.5. The third-order valence-electron chi connectivity index (χ3n) is 11.0. The highest BCUT2D eigenvalue weighted by Crippen LogP contribution is 2.39. The van der Waals surface area contributed by atoms with E-state index in [1.54, 1.807) is 24.4 Å². The van der Waals surface area contributed by atoms with E-state index in [0.29, 0.717) is 72.8 Å². The van der Waals surface area contributed by atoms with Gasteiger partial charge in [0.05, 0.1) is 30.9 Å². The van der Waals surface area contributed by atoms with E-state index in [9.17, 15) is 14.4 Å². The largest absolute Gasteiger partial charge is 0.488 e. The first-order valence-corrected chi connectivity index (χ1v) is 19.5. The second kappa shape index (κ2) is 18.8. The maximum absolute atomic E-state index is 13.6. The van der Waals surface area contributed by atoms with Crippen molar-refractivity contribution in [1.82, 2.24) is 19.7 Å². The van der Waals surface area contributed by atoms with Crippen LogP contribution in [0.25, 0.3) is 0 Å². The van der Waals surface area contributed by atoms with Crippen molar-refractivity contribution >= 4 is 35.6 Å². The molecule has 1 N–H and O–H groups in total. The van der Waals surface area contributed by atoms with E-state index >= 15 is 0 Å². The molecule has 1 spiro atoms. The molecule has 3 aliphatic rings. The Morgan fingerprint density at radius 2 is 1.70 bits per heavy atom. The number of piperidine rings is 2. The Morgan fingerprint density at radius 1 is 0.963 bits per heavy atom. The van der Waals surface area contributed by atoms with Crippen LogP contribution in [0.5, 0.6) is 5.75 Å². The van der Waals surface area contributed by atoms with Gasteiger partial charge in [0.15, 0.2) is 6.29 Å². The number of nitrogens with one attached hydrogen (secondary N) is 1. The van der Waals surface area contributed by atoms with Crippen molar-refractivity contribution < 1.29 is 28.6 Å². The molecule has 3 aromatic rings. The van der Waals surface area contributed by atoms with Crippen molar-refractivity contribution in [3.8, 4) is 5.75 Å². The van der Waals surface area contributed by atoms with Crippen LogP contribution >= 0.6 is 11.6 Å². The van der Waals surface area contributed by atoms with E-state index in [1.807, 2.05) is 23.1 Å². The number of methoxy groups -OCH3 is 1. The highest BCUT2D eigenvalue weighted by Gasteiger charge is 2.41. The fourth-order valence-electron chi connectivity index (χ4n) is 8.10. The van der Waals surface area contributed by atoms with Gasteiger partial charge in [0, 0.05) is 80.5 Å². The van der Waals surface area contributed by atoms with Gasteiger partial charge in [0.2, 0.25) is 17.7 Å². The summed E-state index contributed by atoms with van der Waals surface area (Å²) in [5.74, 6) is 0.647. The molecule has 288 valence electrons. The summed E-state index contributed by atoms with van der Waals surface area (Å²) in [6.07, 6.45) is 11.1. The first-order valence-electron chi connectivity index (χ1n) is 19.1. The van der Waals surface area contributed by atoms with E-state index in [4.69, 9.17) is 31.2 Å². The fourth-order valence-corrected chi connectivity index (χ4v) is 8.37. The monoisotopic (exact) mass is 757 g/mol. The Labute approximate surface area is 323 Å². The average molecular weight is 758 g/mol. The normalized spacial score (nSPS) is 20.2. The van der Waals surface area contributed by atoms with Gasteiger partial charge in [-0.25, -0.2) is 0 Å². The van der Waals surface area contributed by atoms with Gasteiger partial charge in [0.25, 0.3) is 0 Å². The smallest absolute Gasteiger partial charge is 0.222 e. The van der Waals surface area contributed by atoms with Crippen LogP contribution in [0.1, 0.15) is 84.0 Å². The summed E-state index contributed by atoms with van der Waals surface area (Å²) in [5, 5.41) is 8.30. The first kappa shape index (κ1) is 39.4. The number of amides is 2. The maximum Gasteiger partial charge on any atom is 0.222 e. The molecule has 2 atom stereocenters. The number of halogens is 1. The van der Waals surface area contributed by atoms with E-state index < -0.39 is 0 Å². The molecule has 1 unspecified atom stereocenters. The van der Waals surface area contributed by atoms with Gasteiger partial charge in [-0.05, 0) is 80.8 Å². The van der Waals surface area contributed by atoms with Gasteiger partial charge in [0.1, 0.15) is 12.4 Å². The topological polar surface area (TPSA) is 125 Å². The third kappa shape index (κ3) is 10.5. The molecular weight excluding hydrogens is 706 g/mol. The lowest BCUT2D eigenvalue weighted by atomic mass is 9.73. The van der Waals surface area contributed by atoms with Gasteiger partial charge < -0.3 is 28.9 Å². The summed E-state index contributed by atoms with van der Waals surface area (Å²) in [5.41, 5.74) is 3.39. The third-order valence-corrected chi connectivity index (χ3v) is 11.4. The molecule has 2 amide bonds. The van der Waals surface area contributed by atoms with Crippen LogP contribution in [0.2, 0.25) is 5.02 Å². The molecule has 11 nitrogen and oxygen atoms in total. The number of ether oxygens (including phenoxy) is 3. The second-order valence-corrected chi connectivity index (χ2v) is 15.4. The molecule has 0 bridgehead atoms. The zero-order valence-electron chi connectivity index (χ0n) is 31.3. The van der Waals surface area contributed by atoms with Crippen molar-refractivity contribution in [3.05, 3.63) is 93.8 Å². The average Bonchev–Trinajstić information content (AvgIpc) is 3.66. The lowest BCUT2D eigenvalue weighted by Gasteiger charge is -2.48. The minimum absolute atomic E-state index is 0.00572. The molecular formula is C42H52ClN5O6. The number of hydrogen-bond donors (Lipinski definition) is 1. The van der Waals surface area contributed by atoms with Crippen LogP contribution < -0.4 is 4.74 Å². The summed E-state index contributed by atoms with van der Waals surface area (Å²) in [7, 11) is 1.43. The molecule has 3 saturated heterocycles. The lowest BCUT2D eigenvalue weighted by Crippen LogP contribution is -2.54. The molecule has 0 aliphatic carbocycles. The standard InChI is InChI=1S/C42H52ClN5O6/c1-52-41(44)34-20-32(23-45-24-34)28-54-38-22-33(37(43)21-35(38)26-49)11-12-40(51)48-18-7-15-42(30-48)14-6-17-47(29-42)39(50)10-5-16-46-19-13-36(25-46)53-27-31-8-3-2-4-9-31/h2-4,8-9,20-24,26,36,44H,5-7,10-19,25,27-30H2,1H3/t36-,42?/m1/s1. The van der Waals surface area contributed by atoms with Gasteiger partial charge in [-0.2, -0.15) is 0 Å². The van der Waals surface area contributed by atoms with E-state index in [2.05, 4.69) is 26.9 Å². The zero-order valence-corrected chi connectivity index (χ0v) is 32.0. The predicted molar refractivity (Wildman–Crippen MR) is 207 cm³/mol. The number of rotatable bonds is 15. The number of carbonyl (C=O) groups is 3. The molecule has 6 rings (SSSR count). The summed E-state index contributed by atoms with van der Waals surface area (Å²) < 4.78 is 17.1. The van der Waals surface area contributed by atoms with Crippen LogP contribution in [-0.4, -0.2) is 103 Å².